The van der Waals surface area contributed by atoms with Gasteiger partial charge in [-0.2, -0.15) is 0 Å². The van der Waals surface area contributed by atoms with Gasteiger partial charge in [0.05, 0.1) is 0 Å². The fourth-order valence-corrected chi connectivity index (χ4v) is 4.75. The predicted octanol–water partition coefficient (Wildman–Crippen LogP) is 5.78. The smallest absolute Gasteiger partial charge is 0.163 e. The summed E-state index contributed by atoms with van der Waals surface area (Å²) >= 11 is 2.20. The lowest BCUT2D eigenvalue weighted by Gasteiger charge is -2.36. The molecule has 1 aromatic carbocycles. The van der Waals surface area contributed by atoms with Gasteiger partial charge in [0.25, 0.3) is 0 Å². The van der Waals surface area contributed by atoms with Gasteiger partial charge >= 0.3 is 0 Å². The molecule has 0 atom stereocenters. The molecule has 2 aliphatic rings. The Morgan fingerprint density at radius 3 is 1.54 bits per heavy atom. The highest BCUT2D eigenvalue weighted by Crippen LogP contribution is 2.47. The Balaban J connectivity index is 2.22. The zero-order valence-electron chi connectivity index (χ0n) is 16.8. The number of benzene rings is 1. The van der Waals surface area contributed by atoms with E-state index >= 15 is 0 Å². The molecule has 3 rings (SSSR count). The van der Waals surface area contributed by atoms with Gasteiger partial charge in [0, 0.05) is 46.3 Å². The second-order valence-corrected chi connectivity index (χ2v) is 10.8. The van der Waals surface area contributed by atoms with Gasteiger partial charge in [-0.3, -0.25) is 9.59 Å². The quantitative estimate of drug-likeness (QED) is 0.523. The normalized spacial score (nSPS) is 22.2. The highest BCUT2D eigenvalue weighted by atomic mass is 127. The molecule has 0 aromatic heterocycles. The zero-order chi connectivity index (χ0) is 20.9. The summed E-state index contributed by atoms with van der Waals surface area (Å²) < 4.78 is 1.03. The first-order chi connectivity index (χ1) is 12.9. The summed E-state index contributed by atoms with van der Waals surface area (Å²) in [6.45, 7) is 7.79. The van der Waals surface area contributed by atoms with Crippen LogP contribution in [0.4, 0.5) is 0 Å². The van der Waals surface area contributed by atoms with E-state index in [-0.39, 0.29) is 45.1 Å². The summed E-state index contributed by atoms with van der Waals surface area (Å²) in [5, 5.41) is 21.6. The van der Waals surface area contributed by atoms with Gasteiger partial charge in [-0.1, -0.05) is 39.8 Å². The maximum Gasteiger partial charge on any atom is 0.163 e. The number of hydrogen-bond donors (Lipinski definition) is 2. The number of aliphatic hydroxyl groups is 2. The van der Waals surface area contributed by atoms with Gasteiger partial charge in [-0.25, -0.2) is 0 Å². The van der Waals surface area contributed by atoms with Crippen molar-refractivity contribution >= 4 is 34.2 Å². The summed E-state index contributed by atoms with van der Waals surface area (Å²) in [5.41, 5.74) is 0.613. The lowest BCUT2D eigenvalue weighted by molar-refractivity contribution is -0.119. The van der Waals surface area contributed by atoms with E-state index in [0.29, 0.717) is 25.7 Å². The number of ketones is 2. The van der Waals surface area contributed by atoms with E-state index in [2.05, 4.69) is 22.6 Å². The molecule has 28 heavy (non-hydrogen) atoms. The van der Waals surface area contributed by atoms with Crippen LogP contribution >= 0.6 is 22.6 Å². The van der Waals surface area contributed by atoms with Gasteiger partial charge in [-0.05, 0) is 51.1 Å². The molecule has 150 valence electrons. The second kappa shape index (κ2) is 7.32. The number of carbonyl (C=O) groups excluding carboxylic acids is 2. The molecule has 0 aliphatic heterocycles. The van der Waals surface area contributed by atoms with Crippen LogP contribution < -0.4 is 0 Å². The van der Waals surface area contributed by atoms with Crippen LogP contribution in [0.5, 0.6) is 0 Å². The number of rotatable bonds is 3. The summed E-state index contributed by atoms with van der Waals surface area (Å²) in [4.78, 5) is 26.1. The van der Waals surface area contributed by atoms with Crippen LogP contribution in [0, 0.1) is 14.4 Å². The van der Waals surface area contributed by atoms with Crippen LogP contribution in [-0.4, -0.2) is 21.8 Å². The molecule has 4 nitrogen and oxygen atoms in total. The highest BCUT2D eigenvalue weighted by Gasteiger charge is 2.43. The number of carbonyl (C=O) groups is 2. The Bertz CT molecular complexity index is 836. The highest BCUT2D eigenvalue weighted by molar-refractivity contribution is 14.1. The first-order valence-corrected chi connectivity index (χ1v) is 10.6. The van der Waals surface area contributed by atoms with E-state index in [9.17, 15) is 19.8 Å². The van der Waals surface area contributed by atoms with Crippen molar-refractivity contribution in [2.45, 2.75) is 59.3 Å². The first kappa shape index (κ1) is 21.1. The molecule has 0 spiro atoms. The Labute approximate surface area is 179 Å². The summed E-state index contributed by atoms with van der Waals surface area (Å²) in [6.07, 6.45) is 1.37. The van der Waals surface area contributed by atoms with Crippen LogP contribution in [0.15, 0.2) is 46.9 Å². The van der Waals surface area contributed by atoms with Gasteiger partial charge in [0.15, 0.2) is 11.6 Å². The fraction of sp³-hybridized carbons (Fsp3) is 0.478. The minimum Gasteiger partial charge on any atom is -0.512 e. The standard InChI is InChI=1S/C23H27IO4/c1-22(2)9-15(25)20(16(26)10-22)19(13-5-7-14(24)8-6-13)21-17(27)11-23(3,4)12-18(21)28/h5-8,19,25,27H,9-12H2,1-4H3. The summed E-state index contributed by atoms with van der Waals surface area (Å²) in [5.74, 6) is -0.986. The molecule has 0 saturated carbocycles. The topological polar surface area (TPSA) is 74.6 Å². The fourth-order valence-electron chi connectivity index (χ4n) is 4.39. The van der Waals surface area contributed by atoms with Crippen molar-refractivity contribution < 1.29 is 19.8 Å². The van der Waals surface area contributed by atoms with Gasteiger partial charge in [0.1, 0.15) is 11.5 Å². The number of aliphatic hydroxyl groups excluding tert-OH is 2. The molecule has 0 amide bonds. The lowest BCUT2D eigenvalue weighted by Crippen LogP contribution is -2.33. The molecule has 0 radical (unpaired) electrons. The Hall–Kier alpha value is -1.63. The van der Waals surface area contributed by atoms with Crippen LogP contribution in [0.25, 0.3) is 0 Å². The van der Waals surface area contributed by atoms with Crippen LogP contribution in [0.3, 0.4) is 0 Å². The Morgan fingerprint density at radius 1 is 0.786 bits per heavy atom. The Kier molecular flexibility index (Phi) is 5.51. The average Bonchev–Trinajstić information content (AvgIpc) is 2.50. The molecule has 0 bridgehead atoms. The van der Waals surface area contributed by atoms with Crippen molar-refractivity contribution in [2.75, 3.05) is 0 Å². The maximum absolute atomic E-state index is 13.1. The van der Waals surface area contributed by atoms with E-state index in [1.54, 1.807) is 0 Å². The SMILES string of the molecule is CC1(C)CC(=O)C(C(C2=C(O)CC(C)(C)CC2=O)c2ccc(I)cc2)=C(O)C1. The molecule has 2 N–H and O–H groups in total. The molecule has 1 aromatic rings. The van der Waals surface area contributed by atoms with Crippen LogP contribution in [0.2, 0.25) is 0 Å². The van der Waals surface area contributed by atoms with E-state index in [1.807, 2.05) is 52.0 Å². The molecule has 2 aliphatic carbocycles. The molecular formula is C23H27IO4. The third kappa shape index (κ3) is 4.19. The largest absolute Gasteiger partial charge is 0.512 e. The van der Waals surface area contributed by atoms with E-state index in [4.69, 9.17) is 0 Å². The van der Waals surface area contributed by atoms with Crippen molar-refractivity contribution in [2.24, 2.45) is 10.8 Å². The monoisotopic (exact) mass is 494 g/mol. The van der Waals surface area contributed by atoms with Crippen molar-refractivity contribution in [1.82, 2.24) is 0 Å². The van der Waals surface area contributed by atoms with Crippen molar-refractivity contribution in [3.8, 4) is 0 Å². The van der Waals surface area contributed by atoms with E-state index in [1.165, 1.54) is 0 Å². The molecule has 0 heterocycles. The number of hydrogen-bond acceptors (Lipinski definition) is 4. The van der Waals surface area contributed by atoms with Crippen molar-refractivity contribution in [3.05, 3.63) is 56.1 Å². The lowest BCUT2D eigenvalue weighted by atomic mass is 9.67. The predicted molar refractivity (Wildman–Crippen MR) is 117 cm³/mol. The molecule has 0 fully saturated rings. The minimum atomic E-state index is -0.732. The van der Waals surface area contributed by atoms with Crippen LogP contribution in [-0.2, 0) is 9.59 Å². The van der Waals surface area contributed by atoms with Crippen molar-refractivity contribution in [1.29, 1.82) is 0 Å². The molecular weight excluding hydrogens is 467 g/mol. The van der Waals surface area contributed by atoms with Gasteiger partial charge in [0.2, 0.25) is 0 Å². The molecule has 5 heteroatoms. The van der Waals surface area contributed by atoms with Gasteiger partial charge < -0.3 is 10.2 Å². The third-order valence-electron chi connectivity index (χ3n) is 5.57. The Morgan fingerprint density at radius 2 is 1.18 bits per heavy atom. The van der Waals surface area contributed by atoms with E-state index < -0.39 is 5.92 Å². The van der Waals surface area contributed by atoms with Crippen molar-refractivity contribution in [3.63, 3.8) is 0 Å². The van der Waals surface area contributed by atoms with E-state index in [0.717, 1.165) is 9.13 Å². The van der Waals surface area contributed by atoms with Crippen LogP contribution in [0.1, 0.15) is 64.9 Å². The number of Topliss-reactive ketones (excluding diaryl/α,β-unsaturated/α-hetero) is 2. The third-order valence-corrected chi connectivity index (χ3v) is 6.29. The zero-order valence-corrected chi connectivity index (χ0v) is 19.0. The summed E-state index contributed by atoms with van der Waals surface area (Å²) in [6, 6.07) is 7.55. The average molecular weight is 494 g/mol. The molecule has 0 saturated heterocycles. The maximum atomic E-state index is 13.1. The first-order valence-electron chi connectivity index (χ1n) is 9.56. The van der Waals surface area contributed by atoms with Gasteiger partial charge in [-0.15, -0.1) is 0 Å². The number of halogens is 1. The summed E-state index contributed by atoms with van der Waals surface area (Å²) in [7, 11) is 0. The second-order valence-electron chi connectivity index (χ2n) is 9.59. The minimum absolute atomic E-state index is 0.0303. The number of allylic oxidation sites excluding steroid dienone is 4. The molecule has 0 unspecified atom stereocenters.